The van der Waals surface area contributed by atoms with Crippen LogP contribution in [0, 0.1) is 10.1 Å². The predicted molar refractivity (Wildman–Crippen MR) is 90.2 cm³/mol. The van der Waals surface area contributed by atoms with Crippen LogP contribution in [-0.2, 0) is 9.84 Å². The molecule has 0 aliphatic heterocycles. The Morgan fingerprint density at radius 3 is 2.43 bits per heavy atom. The maximum absolute atomic E-state index is 11.7. The Hall–Kier alpha value is -2.67. The first kappa shape index (κ1) is 16.7. The molecule has 7 heteroatoms. The van der Waals surface area contributed by atoms with Crippen molar-refractivity contribution >= 4 is 27.3 Å². The Kier molecular flexibility index (Phi) is 5.13. The first-order valence-corrected chi connectivity index (χ1v) is 8.71. The zero-order chi connectivity index (χ0) is 16.9. The summed E-state index contributed by atoms with van der Waals surface area (Å²) in [5.74, 6) is 0. The minimum atomic E-state index is -3.67. The molecule has 0 atom stereocenters. The van der Waals surface area contributed by atoms with Gasteiger partial charge in [-0.3, -0.25) is 10.1 Å². The van der Waals surface area contributed by atoms with Gasteiger partial charge in [-0.25, -0.2) is 8.42 Å². The van der Waals surface area contributed by atoms with Gasteiger partial charge in [-0.1, -0.05) is 48.6 Å². The number of sulfone groups is 1. The lowest BCUT2D eigenvalue weighted by Gasteiger charge is -2.07. The van der Waals surface area contributed by atoms with Gasteiger partial charge in [0.25, 0.3) is 0 Å². The largest absolute Gasteiger partial charge is 0.376 e. The second kappa shape index (κ2) is 7.06. The zero-order valence-corrected chi connectivity index (χ0v) is 13.3. The van der Waals surface area contributed by atoms with Crippen molar-refractivity contribution in [2.45, 2.75) is 4.90 Å². The normalized spacial score (nSPS) is 11.5. The summed E-state index contributed by atoms with van der Waals surface area (Å²) in [6, 6.07) is 13.8. The van der Waals surface area contributed by atoms with Crippen molar-refractivity contribution in [3.05, 3.63) is 70.3 Å². The highest BCUT2D eigenvalue weighted by molar-refractivity contribution is 7.90. The monoisotopic (exact) mass is 332 g/mol. The number of nitro benzene ring substituents is 1. The number of benzene rings is 2. The van der Waals surface area contributed by atoms with Crippen molar-refractivity contribution in [2.24, 2.45) is 0 Å². The molecule has 0 saturated heterocycles. The van der Waals surface area contributed by atoms with E-state index in [4.69, 9.17) is 0 Å². The number of nitrogens with one attached hydrogen (secondary N) is 1. The van der Waals surface area contributed by atoms with Crippen LogP contribution in [0.15, 0.2) is 59.5 Å². The molecular weight excluding hydrogens is 316 g/mol. The van der Waals surface area contributed by atoms with Crippen molar-refractivity contribution in [2.75, 3.05) is 18.1 Å². The third-order valence-electron chi connectivity index (χ3n) is 3.10. The smallest absolute Gasteiger partial charge is 0.310 e. The van der Waals surface area contributed by atoms with Crippen LogP contribution in [0.2, 0.25) is 0 Å². The maximum atomic E-state index is 11.7. The van der Waals surface area contributed by atoms with Crippen molar-refractivity contribution in [3.8, 4) is 0 Å². The molecule has 0 aliphatic rings. The number of hydrogen-bond donors (Lipinski definition) is 1. The van der Waals surface area contributed by atoms with E-state index >= 15 is 0 Å². The first-order valence-electron chi connectivity index (χ1n) is 6.82. The Morgan fingerprint density at radius 2 is 1.83 bits per heavy atom. The van der Waals surface area contributed by atoms with E-state index in [-0.39, 0.29) is 10.6 Å². The van der Waals surface area contributed by atoms with Crippen LogP contribution in [0.3, 0.4) is 0 Å². The third kappa shape index (κ3) is 4.40. The second-order valence-electron chi connectivity index (χ2n) is 4.88. The number of rotatable bonds is 6. The Morgan fingerprint density at radius 1 is 1.13 bits per heavy atom. The zero-order valence-electron chi connectivity index (χ0n) is 12.5. The molecule has 0 saturated carbocycles. The minimum Gasteiger partial charge on any atom is -0.376 e. The fourth-order valence-electron chi connectivity index (χ4n) is 2.08. The van der Waals surface area contributed by atoms with Crippen LogP contribution in [0.25, 0.3) is 6.08 Å². The molecule has 0 unspecified atom stereocenters. The van der Waals surface area contributed by atoms with E-state index in [0.29, 0.717) is 6.54 Å². The molecule has 120 valence electrons. The molecule has 0 bridgehead atoms. The number of nitro groups is 1. The van der Waals surface area contributed by atoms with Gasteiger partial charge in [0.1, 0.15) is 10.6 Å². The first-order chi connectivity index (χ1) is 10.9. The van der Waals surface area contributed by atoms with Crippen LogP contribution >= 0.6 is 0 Å². The minimum absolute atomic E-state index is 0.177. The van der Waals surface area contributed by atoms with Gasteiger partial charge in [-0.05, 0) is 17.7 Å². The third-order valence-corrected chi connectivity index (χ3v) is 4.23. The molecular formula is C16H16N2O4S. The summed E-state index contributed by atoms with van der Waals surface area (Å²) < 4.78 is 23.4. The lowest BCUT2D eigenvalue weighted by molar-refractivity contribution is -0.386. The predicted octanol–water partition coefficient (Wildman–Crippen LogP) is 3.12. The van der Waals surface area contributed by atoms with Gasteiger partial charge >= 0.3 is 5.69 Å². The van der Waals surface area contributed by atoms with E-state index in [1.54, 1.807) is 0 Å². The lowest BCUT2D eigenvalue weighted by Crippen LogP contribution is -2.07. The van der Waals surface area contributed by atoms with Gasteiger partial charge in [0, 0.05) is 12.8 Å². The van der Waals surface area contributed by atoms with Gasteiger partial charge in [0.2, 0.25) is 0 Å². The van der Waals surface area contributed by atoms with E-state index < -0.39 is 20.4 Å². The summed E-state index contributed by atoms with van der Waals surface area (Å²) in [6.07, 6.45) is 4.64. The van der Waals surface area contributed by atoms with Crippen LogP contribution in [0.4, 0.5) is 11.4 Å². The molecule has 2 aromatic rings. The standard InChI is InChI=1S/C16H16N2O4S/c1-23(21,22)15-11-5-10-14(16(15)18(19)20)17-12-6-9-13-7-3-2-4-8-13/h2-11,17H,12H2,1H3/b9-6+. The quantitative estimate of drug-likeness (QED) is 0.648. The van der Waals surface area contributed by atoms with Gasteiger partial charge < -0.3 is 5.32 Å². The average Bonchev–Trinajstić information content (AvgIpc) is 2.51. The van der Waals surface area contributed by atoms with E-state index in [2.05, 4.69) is 5.32 Å². The highest BCUT2D eigenvalue weighted by Crippen LogP contribution is 2.31. The van der Waals surface area contributed by atoms with E-state index in [9.17, 15) is 18.5 Å². The molecule has 0 aliphatic carbocycles. The molecule has 0 radical (unpaired) electrons. The van der Waals surface area contributed by atoms with Gasteiger partial charge in [0.05, 0.1) is 4.92 Å². The molecule has 0 spiro atoms. The van der Waals surface area contributed by atoms with Gasteiger partial charge in [-0.2, -0.15) is 0 Å². The SMILES string of the molecule is CS(=O)(=O)c1cccc(NC/C=C/c2ccccc2)c1[N+](=O)[O-]. The number of anilines is 1. The maximum Gasteiger partial charge on any atom is 0.310 e. The highest BCUT2D eigenvalue weighted by atomic mass is 32.2. The van der Waals surface area contributed by atoms with Gasteiger partial charge in [-0.15, -0.1) is 0 Å². The molecule has 0 fully saturated rings. The van der Waals surface area contributed by atoms with Gasteiger partial charge in [0.15, 0.2) is 9.84 Å². The van der Waals surface area contributed by atoms with Crippen molar-refractivity contribution in [1.82, 2.24) is 0 Å². The van der Waals surface area contributed by atoms with Crippen LogP contribution in [0.5, 0.6) is 0 Å². The molecule has 0 heterocycles. The Bertz CT molecular complexity index is 830. The molecule has 23 heavy (non-hydrogen) atoms. The van der Waals surface area contributed by atoms with E-state index in [0.717, 1.165) is 11.8 Å². The van der Waals surface area contributed by atoms with Crippen molar-refractivity contribution in [3.63, 3.8) is 0 Å². The van der Waals surface area contributed by atoms with Crippen LogP contribution < -0.4 is 5.32 Å². The molecule has 6 nitrogen and oxygen atoms in total. The van der Waals surface area contributed by atoms with E-state index in [1.807, 2.05) is 42.5 Å². The molecule has 0 amide bonds. The molecule has 0 aromatic heterocycles. The number of para-hydroxylation sites is 1. The fourth-order valence-corrected chi connectivity index (χ4v) is 2.94. The Labute approximate surface area is 134 Å². The summed E-state index contributed by atoms with van der Waals surface area (Å²) in [7, 11) is -3.67. The fraction of sp³-hybridized carbons (Fsp3) is 0.125. The summed E-state index contributed by atoms with van der Waals surface area (Å²) in [6.45, 7) is 0.336. The van der Waals surface area contributed by atoms with Crippen LogP contribution in [-0.4, -0.2) is 26.1 Å². The lowest BCUT2D eigenvalue weighted by atomic mass is 10.2. The van der Waals surface area contributed by atoms with Crippen molar-refractivity contribution in [1.29, 1.82) is 0 Å². The molecule has 2 aromatic carbocycles. The highest BCUT2D eigenvalue weighted by Gasteiger charge is 2.25. The van der Waals surface area contributed by atoms with E-state index in [1.165, 1.54) is 18.2 Å². The second-order valence-corrected chi connectivity index (χ2v) is 6.86. The molecule has 1 N–H and O–H groups in total. The Balaban J connectivity index is 2.20. The van der Waals surface area contributed by atoms with Crippen molar-refractivity contribution < 1.29 is 13.3 Å². The summed E-state index contributed by atoms with van der Waals surface area (Å²) in [5, 5.41) is 14.1. The van der Waals surface area contributed by atoms with Crippen LogP contribution in [0.1, 0.15) is 5.56 Å². The summed E-state index contributed by atoms with van der Waals surface area (Å²) >= 11 is 0. The average molecular weight is 332 g/mol. The summed E-state index contributed by atoms with van der Waals surface area (Å²) in [5.41, 5.74) is 0.757. The molecule has 2 rings (SSSR count). The number of nitrogens with zero attached hydrogens (tertiary/aromatic N) is 1. The topological polar surface area (TPSA) is 89.3 Å². The number of hydrogen-bond acceptors (Lipinski definition) is 5. The summed E-state index contributed by atoms with van der Waals surface area (Å²) in [4.78, 5) is 10.3.